The quantitative estimate of drug-likeness (QED) is 0.165. The van der Waals surface area contributed by atoms with E-state index < -0.39 is 0 Å². The predicted octanol–water partition coefficient (Wildman–Crippen LogP) is 14.5. The lowest BCUT2D eigenvalue weighted by Crippen LogP contribution is -2.18. The smallest absolute Gasteiger partial charge is 0.235 e. The van der Waals surface area contributed by atoms with E-state index in [1.165, 1.54) is 90.7 Å². The second-order valence-electron chi connectivity index (χ2n) is 16.0. The Morgan fingerprint density at radius 1 is 0.421 bits per heavy atom. The number of aromatic nitrogens is 3. The third-order valence-corrected chi connectivity index (χ3v) is 13.9. The minimum absolute atomic E-state index is 0.305. The van der Waals surface area contributed by atoms with Gasteiger partial charge in [0.25, 0.3) is 0 Å². The third-order valence-electron chi connectivity index (χ3n) is 12.8. The molecular formula is C53H33N3S. The van der Waals surface area contributed by atoms with Crippen molar-refractivity contribution in [3.63, 3.8) is 0 Å². The summed E-state index contributed by atoms with van der Waals surface area (Å²) >= 11 is 1.85. The molecule has 0 aliphatic heterocycles. The average Bonchev–Trinajstić information content (AvgIpc) is 3.89. The van der Waals surface area contributed by atoms with Crippen molar-refractivity contribution in [2.45, 2.75) is 19.3 Å². The zero-order valence-electron chi connectivity index (χ0n) is 31.3. The average molecular weight is 744 g/mol. The van der Waals surface area contributed by atoms with Crippen LogP contribution in [0.25, 0.3) is 114 Å². The van der Waals surface area contributed by atoms with Gasteiger partial charge in [-0.1, -0.05) is 153 Å². The van der Waals surface area contributed by atoms with E-state index in [2.05, 4.69) is 182 Å². The number of hydrogen-bond acceptors (Lipinski definition) is 3. The van der Waals surface area contributed by atoms with Crippen LogP contribution in [0.1, 0.15) is 25.0 Å². The van der Waals surface area contributed by atoms with E-state index in [0.29, 0.717) is 5.95 Å². The van der Waals surface area contributed by atoms with Crippen molar-refractivity contribution in [3.05, 3.63) is 175 Å². The van der Waals surface area contributed by atoms with Crippen LogP contribution in [0, 0.1) is 0 Å². The summed E-state index contributed by atoms with van der Waals surface area (Å²) in [5.74, 6) is 0.688. The summed E-state index contributed by atoms with van der Waals surface area (Å²) in [5.41, 5.74) is 8.71. The topological polar surface area (TPSA) is 30.7 Å². The van der Waals surface area contributed by atoms with Gasteiger partial charge in [-0.25, -0.2) is 9.97 Å². The Morgan fingerprint density at radius 3 is 1.79 bits per heavy atom. The van der Waals surface area contributed by atoms with Gasteiger partial charge in [-0.15, -0.1) is 11.3 Å². The van der Waals surface area contributed by atoms with Gasteiger partial charge >= 0.3 is 0 Å². The number of hydrogen-bond donors (Lipinski definition) is 0. The standard InChI is InChI=1S/C53H33N3S/c1-53(2)40-23-11-9-20-37(40)50-49(53)51(39-22-13-25-44-45(39)38-21-10-12-24-43(38)57-44)55-52(54-50)56-41-28-26-30-14-3-4-15-31(30)47(41)48-42(56)29-27-36-34-18-6-5-16-32(34)33-17-7-8-19-35(33)46(36)48/h3-29H,1-2H3. The largest absolute Gasteiger partial charge is 0.278 e. The van der Waals surface area contributed by atoms with E-state index >= 15 is 0 Å². The van der Waals surface area contributed by atoms with Gasteiger partial charge in [-0.3, -0.25) is 4.57 Å². The SMILES string of the molecule is CC1(C)c2ccccc2-c2nc(-n3c4ccc5ccccc5c4c4c5c6ccccc6c6ccccc6c5ccc43)nc(-c3cccc4sc5ccccc5c34)c21. The van der Waals surface area contributed by atoms with Crippen molar-refractivity contribution in [1.29, 1.82) is 0 Å². The van der Waals surface area contributed by atoms with Crippen LogP contribution in [-0.4, -0.2) is 14.5 Å². The molecule has 0 spiro atoms. The zero-order chi connectivity index (χ0) is 37.6. The molecule has 0 N–H and O–H groups in total. The van der Waals surface area contributed by atoms with Gasteiger partial charge in [0.1, 0.15) is 0 Å². The molecule has 0 bridgehead atoms. The van der Waals surface area contributed by atoms with Crippen LogP contribution in [0.2, 0.25) is 0 Å². The van der Waals surface area contributed by atoms with Crippen LogP contribution in [0.3, 0.4) is 0 Å². The predicted molar refractivity (Wildman–Crippen MR) is 242 cm³/mol. The minimum atomic E-state index is -0.305. The molecule has 0 fully saturated rings. The first-order chi connectivity index (χ1) is 28.1. The zero-order valence-corrected chi connectivity index (χ0v) is 32.2. The van der Waals surface area contributed by atoms with E-state index in [4.69, 9.17) is 9.97 Å². The molecule has 57 heavy (non-hydrogen) atoms. The molecule has 0 radical (unpaired) electrons. The molecule has 266 valence electrons. The fourth-order valence-electron chi connectivity index (χ4n) is 10.4. The molecule has 13 rings (SSSR count). The fourth-order valence-corrected chi connectivity index (χ4v) is 11.5. The molecule has 3 heterocycles. The first-order valence-electron chi connectivity index (χ1n) is 19.7. The number of fused-ring (bicyclic) bond motifs is 18. The highest BCUT2D eigenvalue weighted by atomic mass is 32.1. The van der Waals surface area contributed by atoms with Crippen LogP contribution in [0.15, 0.2) is 164 Å². The number of nitrogens with zero attached hydrogens (tertiary/aromatic N) is 3. The van der Waals surface area contributed by atoms with Crippen LogP contribution >= 0.6 is 11.3 Å². The van der Waals surface area contributed by atoms with E-state index in [1.54, 1.807) is 0 Å². The van der Waals surface area contributed by atoms with E-state index in [1.807, 2.05) is 11.3 Å². The maximum Gasteiger partial charge on any atom is 0.235 e. The highest BCUT2D eigenvalue weighted by Crippen LogP contribution is 2.53. The lowest BCUT2D eigenvalue weighted by molar-refractivity contribution is 0.657. The highest BCUT2D eigenvalue weighted by Gasteiger charge is 2.40. The molecule has 0 saturated heterocycles. The molecule has 0 unspecified atom stereocenters. The molecule has 1 aliphatic rings. The summed E-state index contributed by atoms with van der Waals surface area (Å²) in [4.78, 5) is 11.5. The van der Waals surface area contributed by atoms with Crippen LogP contribution in [-0.2, 0) is 5.41 Å². The minimum Gasteiger partial charge on any atom is -0.278 e. The van der Waals surface area contributed by atoms with Crippen LogP contribution < -0.4 is 0 Å². The molecule has 9 aromatic carbocycles. The van der Waals surface area contributed by atoms with Crippen molar-refractivity contribution in [2.24, 2.45) is 0 Å². The van der Waals surface area contributed by atoms with Crippen molar-refractivity contribution < 1.29 is 0 Å². The van der Waals surface area contributed by atoms with E-state index in [0.717, 1.165) is 28.0 Å². The van der Waals surface area contributed by atoms with E-state index in [-0.39, 0.29) is 5.41 Å². The van der Waals surface area contributed by atoms with Crippen molar-refractivity contribution in [3.8, 4) is 28.5 Å². The number of thiophene rings is 1. The summed E-state index contributed by atoms with van der Waals surface area (Å²) in [6, 6.07) is 60.1. The molecule has 3 nitrogen and oxygen atoms in total. The molecular weight excluding hydrogens is 711 g/mol. The maximum atomic E-state index is 5.80. The number of rotatable bonds is 2. The summed E-state index contributed by atoms with van der Waals surface area (Å²) in [5, 5.41) is 15.0. The summed E-state index contributed by atoms with van der Waals surface area (Å²) in [6.07, 6.45) is 0. The maximum absolute atomic E-state index is 5.80. The summed E-state index contributed by atoms with van der Waals surface area (Å²) in [7, 11) is 0. The second kappa shape index (κ2) is 11.1. The molecule has 12 aromatic rings. The monoisotopic (exact) mass is 743 g/mol. The summed E-state index contributed by atoms with van der Waals surface area (Å²) < 4.78 is 4.91. The Balaban J connectivity index is 1.24. The fraction of sp³-hybridized carbons (Fsp3) is 0.0566. The van der Waals surface area contributed by atoms with E-state index in [9.17, 15) is 0 Å². The molecule has 0 saturated carbocycles. The van der Waals surface area contributed by atoms with Gasteiger partial charge in [0.15, 0.2) is 0 Å². The number of benzene rings is 9. The Morgan fingerprint density at radius 2 is 0.982 bits per heavy atom. The van der Waals surface area contributed by atoms with Crippen molar-refractivity contribution in [1.82, 2.24) is 14.5 Å². The Bertz CT molecular complexity index is 3700. The molecule has 3 aromatic heterocycles. The first-order valence-corrected chi connectivity index (χ1v) is 20.5. The van der Waals surface area contributed by atoms with Gasteiger partial charge in [-0.05, 0) is 67.5 Å². The molecule has 1 aliphatic carbocycles. The Labute approximate surface area is 332 Å². The van der Waals surface area contributed by atoms with Crippen LogP contribution in [0.4, 0.5) is 0 Å². The van der Waals surface area contributed by atoms with Crippen molar-refractivity contribution >= 4 is 96.4 Å². The van der Waals surface area contributed by atoms with Gasteiger partial charge < -0.3 is 0 Å². The van der Waals surface area contributed by atoms with Crippen molar-refractivity contribution in [2.75, 3.05) is 0 Å². The van der Waals surface area contributed by atoms with Gasteiger partial charge in [0.2, 0.25) is 5.95 Å². The van der Waals surface area contributed by atoms with Gasteiger partial charge in [-0.2, -0.15) is 0 Å². The second-order valence-corrected chi connectivity index (χ2v) is 17.1. The lowest BCUT2D eigenvalue weighted by atomic mass is 9.80. The highest BCUT2D eigenvalue weighted by molar-refractivity contribution is 7.25. The van der Waals surface area contributed by atoms with Gasteiger partial charge in [0.05, 0.1) is 22.4 Å². The Kier molecular flexibility index (Phi) is 6.12. The molecule has 0 amide bonds. The summed E-state index contributed by atoms with van der Waals surface area (Å²) in [6.45, 7) is 4.68. The molecule has 0 atom stereocenters. The van der Waals surface area contributed by atoms with Gasteiger partial charge in [0, 0.05) is 58.4 Å². The normalized spacial score (nSPS) is 13.6. The lowest BCUT2D eigenvalue weighted by Gasteiger charge is -2.24. The van der Waals surface area contributed by atoms with Crippen LogP contribution in [0.5, 0.6) is 0 Å². The first kappa shape index (κ1) is 31.3. The Hall–Kier alpha value is -6.88. The third kappa shape index (κ3) is 4.05. The molecule has 4 heteroatoms.